The number of halogens is 1. The van der Waals surface area contributed by atoms with Gasteiger partial charge in [0.05, 0.1) is 11.9 Å². The first-order valence-corrected chi connectivity index (χ1v) is 3.60. The Morgan fingerprint density at radius 3 is 2.77 bits per heavy atom. The molecule has 2 rings (SSSR count). The summed E-state index contributed by atoms with van der Waals surface area (Å²) in [6.07, 6.45) is 1.67. The number of hydrogen-bond donors (Lipinski definition) is 1. The third-order valence-electron chi connectivity index (χ3n) is 1.86. The molecule has 5 nitrogen and oxygen atoms in total. The molecule has 0 saturated heterocycles. The number of hydrogen-bond acceptors (Lipinski definition) is 4. The van der Waals surface area contributed by atoms with Crippen LogP contribution in [-0.4, -0.2) is 20.0 Å². The van der Waals surface area contributed by atoms with E-state index in [0.29, 0.717) is 5.82 Å². The van der Waals surface area contributed by atoms with Gasteiger partial charge in [-0.25, -0.2) is 0 Å². The van der Waals surface area contributed by atoms with E-state index >= 15 is 0 Å². The van der Waals surface area contributed by atoms with Crippen LogP contribution in [-0.2, 0) is 7.05 Å². The fourth-order valence-electron chi connectivity index (χ4n) is 1.33. The molecule has 0 saturated carbocycles. The van der Waals surface area contributed by atoms with Gasteiger partial charge in [0.2, 0.25) is 0 Å². The molecule has 0 bridgehead atoms. The van der Waals surface area contributed by atoms with Gasteiger partial charge in [-0.1, -0.05) is 0 Å². The first-order valence-electron chi connectivity index (χ1n) is 3.60. The second-order valence-corrected chi connectivity index (χ2v) is 2.70. The van der Waals surface area contributed by atoms with E-state index in [1.807, 2.05) is 14.0 Å². The van der Waals surface area contributed by atoms with Crippen molar-refractivity contribution in [1.82, 2.24) is 20.0 Å². The first-order chi connectivity index (χ1) is 5.70. The predicted octanol–water partition coefficient (Wildman–Crippen LogP) is 0.676. The molecule has 2 heterocycles. The SMILES string of the molecule is Cc1nn(C)c2c(N)nncc12.Cl. The molecular formula is C7H10ClN5. The number of nitrogens with two attached hydrogens (primary N) is 1. The monoisotopic (exact) mass is 199 g/mol. The summed E-state index contributed by atoms with van der Waals surface area (Å²) < 4.78 is 1.72. The molecular weight excluding hydrogens is 190 g/mol. The Bertz CT molecular complexity index is 436. The zero-order valence-corrected chi connectivity index (χ0v) is 8.17. The van der Waals surface area contributed by atoms with E-state index in [1.54, 1.807) is 10.9 Å². The molecule has 0 radical (unpaired) electrons. The van der Waals surface area contributed by atoms with Crippen LogP contribution >= 0.6 is 12.4 Å². The molecule has 0 aliphatic carbocycles. The Morgan fingerprint density at radius 1 is 1.46 bits per heavy atom. The standard InChI is InChI=1S/C7H9N5.ClH/c1-4-5-3-9-10-7(8)6(5)12(2)11-4;/h3H,1-2H3,(H2,8,10);1H. The highest BCUT2D eigenvalue weighted by atomic mass is 35.5. The van der Waals surface area contributed by atoms with Crippen LogP contribution < -0.4 is 5.73 Å². The maximum atomic E-state index is 5.64. The van der Waals surface area contributed by atoms with Gasteiger partial charge < -0.3 is 5.73 Å². The third-order valence-corrected chi connectivity index (χ3v) is 1.86. The summed E-state index contributed by atoms with van der Waals surface area (Å²) in [5, 5.41) is 12.7. The lowest BCUT2D eigenvalue weighted by molar-refractivity contribution is 0.782. The van der Waals surface area contributed by atoms with Gasteiger partial charge in [-0.15, -0.1) is 17.5 Å². The van der Waals surface area contributed by atoms with Crippen molar-refractivity contribution in [1.29, 1.82) is 0 Å². The minimum Gasteiger partial charge on any atom is -0.380 e. The molecule has 2 N–H and O–H groups in total. The summed E-state index contributed by atoms with van der Waals surface area (Å²) in [5.41, 5.74) is 7.41. The molecule has 0 aliphatic heterocycles. The van der Waals surface area contributed by atoms with Crippen molar-refractivity contribution < 1.29 is 0 Å². The van der Waals surface area contributed by atoms with Gasteiger partial charge in [-0.2, -0.15) is 10.2 Å². The van der Waals surface area contributed by atoms with Gasteiger partial charge in [0.15, 0.2) is 5.82 Å². The highest BCUT2D eigenvalue weighted by Gasteiger charge is 2.07. The lowest BCUT2D eigenvalue weighted by Gasteiger charge is -1.94. The molecule has 2 aromatic heterocycles. The minimum atomic E-state index is 0. The number of fused-ring (bicyclic) bond motifs is 1. The first kappa shape index (κ1) is 9.73. The van der Waals surface area contributed by atoms with Crippen LogP contribution in [0.3, 0.4) is 0 Å². The maximum absolute atomic E-state index is 5.64. The van der Waals surface area contributed by atoms with Crippen molar-refractivity contribution >= 4 is 29.1 Å². The Morgan fingerprint density at radius 2 is 2.15 bits per heavy atom. The van der Waals surface area contributed by atoms with Gasteiger partial charge in [-0.05, 0) is 6.92 Å². The van der Waals surface area contributed by atoms with Crippen LogP contribution in [0.4, 0.5) is 5.82 Å². The van der Waals surface area contributed by atoms with E-state index in [9.17, 15) is 0 Å². The minimum absolute atomic E-state index is 0. The molecule has 0 unspecified atom stereocenters. The second kappa shape index (κ2) is 3.18. The highest BCUT2D eigenvalue weighted by molar-refractivity contribution is 5.88. The van der Waals surface area contributed by atoms with Crippen molar-refractivity contribution in [3.05, 3.63) is 11.9 Å². The molecule has 6 heteroatoms. The van der Waals surface area contributed by atoms with Crippen LogP contribution in [0.25, 0.3) is 10.9 Å². The number of aryl methyl sites for hydroxylation is 2. The Kier molecular flexibility index (Phi) is 2.38. The Labute approximate surface area is 81.4 Å². The molecule has 0 fully saturated rings. The highest BCUT2D eigenvalue weighted by Crippen LogP contribution is 2.18. The van der Waals surface area contributed by atoms with Gasteiger partial charge in [0, 0.05) is 12.4 Å². The smallest absolute Gasteiger partial charge is 0.172 e. The van der Waals surface area contributed by atoms with Crippen molar-refractivity contribution in [2.24, 2.45) is 7.05 Å². The average Bonchev–Trinajstić information content (AvgIpc) is 2.29. The molecule has 13 heavy (non-hydrogen) atoms. The van der Waals surface area contributed by atoms with Crippen LogP contribution in [0.1, 0.15) is 5.69 Å². The fraction of sp³-hybridized carbons (Fsp3) is 0.286. The molecule has 0 atom stereocenters. The van der Waals surface area contributed by atoms with E-state index in [1.165, 1.54) is 0 Å². The summed E-state index contributed by atoms with van der Waals surface area (Å²) in [5.74, 6) is 0.426. The van der Waals surface area contributed by atoms with E-state index in [4.69, 9.17) is 5.73 Å². The van der Waals surface area contributed by atoms with Crippen molar-refractivity contribution in [2.45, 2.75) is 6.92 Å². The molecule has 0 spiro atoms. The maximum Gasteiger partial charge on any atom is 0.172 e. The quantitative estimate of drug-likeness (QED) is 0.677. The van der Waals surface area contributed by atoms with Crippen molar-refractivity contribution in [3.63, 3.8) is 0 Å². The Balaban J connectivity index is 0.000000845. The largest absolute Gasteiger partial charge is 0.380 e. The normalized spacial score (nSPS) is 10.0. The number of nitrogen functional groups attached to an aromatic ring is 1. The summed E-state index contributed by atoms with van der Waals surface area (Å²) in [6, 6.07) is 0. The molecule has 70 valence electrons. The van der Waals surface area contributed by atoms with Crippen LogP contribution in [0.2, 0.25) is 0 Å². The molecule has 0 amide bonds. The fourth-order valence-corrected chi connectivity index (χ4v) is 1.33. The molecule has 2 aromatic rings. The van der Waals surface area contributed by atoms with Crippen LogP contribution in [0, 0.1) is 6.92 Å². The van der Waals surface area contributed by atoms with Crippen LogP contribution in [0.5, 0.6) is 0 Å². The van der Waals surface area contributed by atoms with E-state index in [2.05, 4.69) is 15.3 Å². The predicted molar refractivity (Wildman–Crippen MR) is 52.7 cm³/mol. The summed E-state index contributed by atoms with van der Waals surface area (Å²) in [7, 11) is 1.84. The lowest BCUT2D eigenvalue weighted by Crippen LogP contribution is -1.98. The van der Waals surface area contributed by atoms with Crippen molar-refractivity contribution in [2.75, 3.05) is 5.73 Å². The van der Waals surface area contributed by atoms with E-state index < -0.39 is 0 Å². The second-order valence-electron chi connectivity index (χ2n) is 2.70. The molecule has 0 aliphatic rings. The summed E-state index contributed by atoms with van der Waals surface area (Å²) in [6.45, 7) is 1.92. The number of nitrogens with zero attached hydrogens (tertiary/aromatic N) is 4. The molecule has 0 aromatic carbocycles. The average molecular weight is 200 g/mol. The summed E-state index contributed by atoms with van der Waals surface area (Å²) >= 11 is 0. The number of rotatable bonds is 0. The lowest BCUT2D eigenvalue weighted by atomic mass is 10.3. The van der Waals surface area contributed by atoms with E-state index in [-0.39, 0.29) is 12.4 Å². The van der Waals surface area contributed by atoms with Gasteiger partial charge >= 0.3 is 0 Å². The topological polar surface area (TPSA) is 69.6 Å². The zero-order chi connectivity index (χ0) is 8.72. The zero-order valence-electron chi connectivity index (χ0n) is 7.35. The van der Waals surface area contributed by atoms with Gasteiger partial charge in [-0.3, -0.25) is 4.68 Å². The van der Waals surface area contributed by atoms with E-state index in [0.717, 1.165) is 16.6 Å². The summed E-state index contributed by atoms with van der Waals surface area (Å²) in [4.78, 5) is 0. The number of aromatic nitrogens is 4. The number of anilines is 1. The van der Waals surface area contributed by atoms with Gasteiger partial charge in [0.25, 0.3) is 0 Å². The van der Waals surface area contributed by atoms with Crippen molar-refractivity contribution in [3.8, 4) is 0 Å². The third kappa shape index (κ3) is 1.31. The Hall–Kier alpha value is -1.36. The van der Waals surface area contributed by atoms with Crippen LogP contribution in [0.15, 0.2) is 6.20 Å². The van der Waals surface area contributed by atoms with Gasteiger partial charge in [0.1, 0.15) is 5.52 Å².